The number of rotatable bonds is 10. The normalized spacial score (nSPS) is 15.7. The third-order valence-electron chi connectivity index (χ3n) is 5.25. The van der Waals surface area contributed by atoms with Gasteiger partial charge in [0.05, 0.1) is 11.5 Å². The molecule has 0 spiro atoms. The van der Waals surface area contributed by atoms with Gasteiger partial charge in [-0.1, -0.05) is 73.9 Å². The van der Waals surface area contributed by atoms with E-state index in [-0.39, 0.29) is 16.0 Å². The van der Waals surface area contributed by atoms with Crippen LogP contribution < -0.4 is 4.74 Å². The Morgan fingerprint density at radius 3 is 2.07 bits per heavy atom. The molecule has 0 amide bonds. The number of nitrogens with zero attached hydrogens (tertiary/aromatic N) is 1. The topological polar surface area (TPSA) is 52.4 Å². The summed E-state index contributed by atoms with van der Waals surface area (Å²) in [6.45, 7) is 18.8. The molecule has 0 radical (unpaired) electrons. The van der Waals surface area contributed by atoms with Crippen molar-refractivity contribution in [2.24, 2.45) is 28.6 Å². The molecule has 0 aliphatic carbocycles. The van der Waals surface area contributed by atoms with Crippen molar-refractivity contribution >= 4 is 5.69 Å². The van der Waals surface area contributed by atoms with E-state index < -0.39 is 0 Å². The average Bonchev–Trinajstić information content (AvgIpc) is 2.51. The Balaban J connectivity index is 2.82. The highest BCUT2D eigenvalue weighted by atomic mass is 16.6. The summed E-state index contributed by atoms with van der Waals surface area (Å²) >= 11 is 0. The summed E-state index contributed by atoms with van der Waals surface area (Å²) < 4.78 is 5.99. The predicted octanol–water partition coefficient (Wildman–Crippen LogP) is 7.51. The third-order valence-corrected chi connectivity index (χ3v) is 5.25. The molecule has 0 bridgehead atoms. The average molecular weight is 392 g/mol. The van der Waals surface area contributed by atoms with Gasteiger partial charge in [0.2, 0.25) is 0 Å². The summed E-state index contributed by atoms with van der Waals surface area (Å²) in [6.07, 6.45) is 4.58. The molecular weight excluding hydrogens is 350 g/mol. The predicted molar refractivity (Wildman–Crippen MR) is 118 cm³/mol. The first-order valence-electron chi connectivity index (χ1n) is 10.6. The van der Waals surface area contributed by atoms with Crippen LogP contribution in [0.4, 0.5) is 5.69 Å². The van der Waals surface area contributed by atoms with Gasteiger partial charge in [0.1, 0.15) is 0 Å². The number of hydrogen-bond donors (Lipinski definition) is 0. The summed E-state index contributed by atoms with van der Waals surface area (Å²) in [5.41, 5.74) is 0.645. The molecule has 0 fully saturated rings. The van der Waals surface area contributed by atoms with Crippen LogP contribution in [0.3, 0.4) is 0 Å². The molecule has 0 heterocycles. The van der Waals surface area contributed by atoms with Crippen molar-refractivity contribution < 1.29 is 9.66 Å². The van der Waals surface area contributed by atoms with Gasteiger partial charge in [-0.15, -0.1) is 0 Å². The Labute approximate surface area is 172 Å². The van der Waals surface area contributed by atoms with Gasteiger partial charge in [-0.05, 0) is 53.9 Å². The van der Waals surface area contributed by atoms with Crippen molar-refractivity contribution in [1.82, 2.24) is 0 Å². The van der Waals surface area contributed by atoms with E-state index in [1.54, 1.807) is 18.2 Å². The van der Waals surface area contributed by atoms with Crippen LogP contribution in [0.2, 0.25) is 0 Å². The van der Waals surface area contributed by atoms with Crippen molar-refractivity contribution in [1.29, 1.82) is 0 Å². The summed E-state index contributed by atoms with van der Waals surface area (Å²) in [4.78, 5) is 10.9. The smallest absolute Gasteiger partial charge is 0.310 e. The van der Waals surface area contributed by atoms with Gasteiger partial charge in [0.15, 0.2) is 5.75 Å². The maximum Gasteiger partial charge on any atom is 0.310 e. The minimum atomic E-state index is -0.367. The first-order chi connectivity index (χ1) is 12.8. The van der Waals surface area contributed by atoms with Gasteiger partial charge in [-0.3, -0.25) is 10.1 Å². The van der Waals surface area contributed by atoms with Crippen molar-refractivity contribution in [3.05, 3.63) is 34.4 Å². The van der Waals surface area contributed by atoms with E-state index in [2.05, 4.69) is 55.4 Å². The molecule has 28 heavy (non-hydrogen) atoms. The van der Waals surface area contributed by atoms with Gasteiger partial charge < -0.3 is 4.74 Å². The van der Waals surface area contributed by atoms with Crippen LogP contribution in [-0.4, -0.2) is 11.5 Å². The zero-order valence-corrected chi connectivity index (χ0v) is 19.2. The second-order valence-corrected chi connectivity index (χ2v) is 11.0. The van der Waals surface area contributed by atoms with Crippen molar-refractivity contribution in [3.8, 4) is 5.75 Å². The number of benzene rings is 1. The fourth-order valence-corrected chi connectivity index (χ4v) is 4.24. The second-order valence-electron chi connectivity index (χ2n) is 11.0. The van der Waals surface area contributed by atoms with Crippen LogP contribution in [0, 0.1) is 38.7 Å². The quantitative estimate of drug-likeness (QED) is 0.306. The Kier molecular flexibility index (Phi) is 8.97. The first-order valence-corrected chi connectivity index (χ1v) is 10.6. The zero-order valence-electron chi connectivity index (χ0n) is 19.2. The van der Waals surface area contributed by atoms with E-state index in [1.165, 1.54) is 12.5 Å². The molecule has 4 heteroatoms. The molecule has 0 unspecified atom stereocenters. The second kappa shape index (κ2) is 10.3. The minimum absolute atomic E-state index is 0.0471. The lowest BCUT2D eigenvalue weighted by atomic mass is 9.76. The van der Waals surface area contributed by atoms with E-state index >= 15 is 0 Å². The molecule has 3 atom stereocenters. The van der Waals surface area contributed by atoms with E-state index in [1.807, 2.05) is 0 Å². The number of ether oxygens (including phenoxy) is 1. The molecule has 1 rings (SSSR count). The molecule has 4 nitrogen and oxygen atoms in total. The number of nitro benzene ring substituents is 1. The van der Waals surface area contributed by atoms with Gasteiger partial charge in [-0.2, -0.15) is 0 Å². The monoisotopic (exact) mass is 391 g/mol. The minimum Gasteiger partial charge on any atom is -0.487 e. The van der Waals surface area contributed by atoms with Crippen molar-refractivity contribution in [2.45, 2.75) is 81.1 Å². The SMILES string of the molecule is C[C@@H](CC[C@@H](COc1ccccc1[N+](=O)[O-])[C@@H](C)CC(C)(C)C)CC(C)(C)C. The van der Waals surface area contributed by atoms with Crippen LogP contribution in [-0.2, 0) is 0 Å². The number of para-hydroxylation sites is 2. The van der Waals surface area contributed by atoms with Gasteiger partial charge >= 0.3 is 5.69 Å². The Bertz CT molecular complexity index is 613. The Morgan fingerprint density at radius 2 is 1.54 bits per heavy atom. The van der Waals surface area contributed by atoms with Crippen LogP contribution in [0.1, 0.15) is 81.1 Å². The fraction of sp³-hybridized carbons (Fsp3) is 0.750. The molecule has 0 saturated heterocycles. The molecule has 0 N–H and O–H groups in total. The van der Waals surface area contributed by atoms with E-state index in [4.69, 9.17) is 4.74 Å². The van der Waals surface area contributed by atoms with Crippen molar-refractivity contribution in [2.75, 3.05) is 6.61 Å². The highest BCUT2D eigenvalue weighted by molar-refractivity contribution is 5.45. The van der Waals surface area contributed by atoms with Crippen molar-refractivity contribution in [3.63, 3.8) is 0 Å². The van der Waals surface area contributed by atoms with Gasteiger partial charge in [0, 0.05) is 6.07 Å². The summed E-state index contributed by atoms with van der Waals surface area (Å²) in [7, 11) is 0. The molecule has 1 aromatic carbocycles. The molecule has 160 valence electrons. The van der Waals surface area contributed by atoms with Gasteiger partial charge in [0.25, 0.3) is 0 Å². The number of nitro groups is 1. The first kappa shape index (κ1) is 24.5. The van der Waals surface area contributed by atoms with E-state index in [9.17, 15) is 10.1 Å². The van der Waals surface area contributed by atoms with E-state index in [0.717, 1.165) is 19.3 Å². The molecule has 0 aromatic heterocycles. The summed E-state index contributed by atoms with van der Waals surface area (Å²) in [6, 6.07) is 6.68. The standard InChI is InChI=1S/C24H41NO3/c1-18(15-23(3,4)5)13-14-20(19(2)16-24(6,7)8)17-28-22-12-10-9-11-21(22)25(26)27/h9-12,18-20H,13-17H2,1-8H3/t18-,19-,20-/m0/s1. The molecular formula is C24H41NO3. The number of hydrogen-bond acceptors (Lipinski definition) is 3. The third kappa shape index (κ3) is 9.57. The largest absolute Gasteiger partial charge is 0.487 e. The fourth-order valence-electron chi connectivity index (χ4n) is 4.24. The molecule has 0 saturated carbocycles. The molecule has 0 aliphatic heterocycles. The van der Waals surface area contributed by atoms with Crippen LogP contribution in [0.25, 0.3) is 0 Å². The lowest BCUT2D eigenvalue weighted by Crippen LogP contribution is -2.25. The van der Waals surface area contributed by atoms with Crippen LogP contribution >= 0.6 is 0 Å². The molecule has 1 aromatic rings. The van der Waals surface area contributed by atoms with E-state index in [0.29, 0.717) is 35.5 Å². The lowest BCUT2D eigenvalue weighted by molar-refractivity contribution is -0.385. The zero-order chi connectivity index (χ0) is 21.5. The summed E-state index contributed by atoms with van der Waals surface area (Å²) in [5, 5.41) is 11.3. The highest BCUT2D eigenvalue weighted by Gasteiger charge is 2.26. The maximum atomic E-state index is 11.3. The molecule has 0 aliphatic rings. The Morgan fingerprint density at radius 1 is 0.964 bits per heavy atom. The highest BCUT2D eigenvalue weighted by Crippen LogP contribution is 2.35. The lowest BCUT2D eigenvalue weighted by Gasteiger charge is -2.31. The maximum absolute atomic E-state index is 11.3. The summed E-state index contributed by atoms with van der Waals surface area (Å²) in [5.74, 6) is 1.93. The van der Waals surface area contributed by atoms with Gasteiger partial charge in [-0.25, -0.2) is 0 Å². The van der Waals surface area contributed by atoms with Crippen LogP contribution in [0.15, 0.2) is 24.3 Å². The Hall–Kier alpha value is -1.58. The van der Waals surface area contributed by atoms with Crippen LogP contribution in [0.5, 0.6) is 5.75 Å².